The Morgan fingerprint density at radius 3 is 2.56 bits per heavy atom. The Morgan fingerprint density at radius 2 is 1.80 bits per heavy atom. The van der Waals surface area contributed by atoms with Crippen LogP contribution in [0.1, 0.15) is 12.8 Å². The Hall–Kier alpha value is -4.38. The highest BCUT2D eigenvalue weighted by atomic mass is 16.5. The fourth-order valence-electron chi connectivity index (χ4n) is 5.63. The molecule has 1 amide bonds. The second-order valence-corrected chi connectivity index (χ2v) is 10.6. The Bertz CT molecular complexity index is 1510. The third kappa shape index (κ3) is 5.62. The normalized spacial score (nSPS) is 18.0. The van der Waals surface area contributed by atoms with E-state index in [1.807, 2.05) is 45.8 Å². The third-order valence-electron chi connectivity index (χ3n) is 8.02. The number of hydrogen-bond acceptors (Lipinski definition) is 9. The van der Waals surface area contributed by atoms with Gasteiger partial charge in [0.2, 0.25) is 17.7 Å². The average Bonchev–Trinajstić information content (AvgIpc) is 3.44. The zero-order chi connectivity index (χ0) is 28.3. The molecule has 11 heteroatoms. The zero-order valence-electron chi connectivity index (χ0n) is 23.8. The minimum atomic E-state index is 0.0211. The van der Waals surface area contributed by atoms with Gasteiger partial charge in [-0.3, -0.25) is 4.79 Å². The molecule has 4 aromatic rings. The number of anilines is 3. The zero-order valence-corrected chi connectivity index (χ0v) is 23.8. The Kier molecular flexibility index (Phi) is 7.60. The molecule has 1 N–H and O–H groups in total. The number of nitrogens with one attached hydrogen (secondary N) is 1. The minimum Gasteiger partial charge on any atom is -0.494 e. The van der Waals surface area contributed by atoms with Crippen molar-refractivity contribution < 1.29 is 14.3 Å². The summed E-state index contributed by atoms with van der Waals surface area (Å²) < 4.78 is 12.8. The number of likely N-dealkylation sites (N-methyl/N-ethyl adjacent to an activating group) is 1. The second kappa shape index (κ2) is 11.6. The summed E-state index contributed by atoms with van der Waals surface area (Å²) in [5.41, 5.74) is 4.49. The van der Waals surface area contributed by atoms with Crippen molar-refractivity contribution in [3.63, 3.8) is 0 Å². The standard InChI is InChI=1S/C30H36N8O3/c1-35-13-15-36(16-14-35)29(39)22-5-4-12-37(20-22)23-7-9-25(27(17-23)40-2)33-30-32-19-24-8-10-26(38(24)34-30)21-6-11-28(41-3)31-18-21/h6-11,17-19,22H,4-5,12-16,20H2,1-3H3,(H,33,34). The molecule has 11 nitrogen and oxygen atoms in total. The number of carbonyl (C=O) groups is 1. The quantitative estimate of drug-likeness (QED) is 0.366. The number of aromatic nitrogens is 4. The first-order valence-corrected chi connectivity index (χ1v) is 14.0. The maximum Gasteiger partial charge on any atom is 0.245 e. The molecule has 2 aliphatic rings. The highest BCUT2D eigenvalue weighted by Gasteiger charge is 2.31. The van der Waals surface area contributed by atoms with Crippen LogP contribution in [0.15, 0.2) is 54.9 Å². The molecule has 5 heterocycles. The van der Waals surface area contributed by atoms with Gasteiger partial charge in [0, 0.05) is 68.8 Å². The predicted molar refractivity (Wildman–Crippen MR) is 158 cm³/mol. The molecule has 2 saturated heterocycles. The molecule has 0 saturated carbocycles. The molecule has 0 radical (unpaired) electrons. The summed E-state index contributed by atoms with van der Waals surface area (Å²) in [4.78, 5) is 28.7. The maximum absolute atomic E-state index is 13.3. The number of nitrogens with zero attached hydrogens (tertiary/aromatic N) is 7. The molecule has 0 spiro atoms. The van der Waals surface area contributed by atoms with Gasteiger partial charge in [0.15, 0.2) is 0 Å². The molecule has 1 aromatic carbocycles. The van der Waals surface area contributed by atoms with Crippen LogP contribution in [0.25, 0.3) is 16.8 Å². The molecule has 2 aliphatic heterocycles. The fourth-order valence-corrected chi connectivity index (χ4v) is 5.63. The first kappa shape index (κ1) is 26.8. The number of benzene rings is 1. The van der Waals surface area contributed by atoms with Crippen molar-refractivity contribution in [2.45, 2.75) is 12.8 Å². The summed E-state index contributed by atoms with van der Waals surface area (Å²) in [5, 5.41) is 8.06. The van der Waals surface area contributed by atoms with Crippen LogP contribution in [0.4, 0.5) is 17.3 Å². The highest BCUT2D eigenvalue weighted by molar-refractivity contribution is 5.80. The number of pyridine rings is 1. The lowest BCUT2D eigenvalue weighted by atomic mass is 9.95. The van der Waals surface area contributed by atoms with Crippen molar-refractivity contribution in [1.82, 2.24) is 29.4 Å². The lowest BCUT2D eigenvalue weighted by Crippen LogP contribution is -2.51. The number of carbonyl (C=O) groups excluding carboxylic acids is 1. The van der Waals surface area contributed by atoms with Crippen LogP contribution in [0.2, 0.25) is 0 Å². The van der Waals surface area contributed by atoms with E-state index >= 15 is 0 Å². The van der Waals surface area contributed by atoms with Gasteiger partial charge in [-0.05, 0) is 50.2 Å². The minimum absolute atomic E-state index is 0.0211. The van der Waals surface area contributed by atoms with Crippen molar-refractivity contribution in [3.05, 3.63) is 54.9 Å². The molecule has 41 heavy (non-hydrogen) atoms. The lowest BCUT2D eigenvalue weighted by Gasteiger charge is -2.39. The van der Waals surface area contributed by atoms with E-state index in [4.69, 9.17) is 14.6 Å². The van der Waals surface area contributed by atoms with Crippen molar-refractivity contribution in [2.75, 3.05) is 70.8 Å². The van der Waals surface area contributed by atoms with Crippen LogP contribution >= 0.6 is 0 Å². The molecule has 214 valence electrons. The highest BCUT2D eigenvalue weighted by Crippen LogP contribution is 2.34. The van der Waals surface area contributed by atoms with Crippen LogP contribution in [-0.2, 0) is 4.79 Å². The van der Waals surface area contributed by atoms with Gasteiger partial charge in [0.05, 0.1) is 43.2 Å². The van der Waals surface area contributed by atoms with E-state index in [2.05, 4.69) is 38.2 Å². The molecule has 3 aromatic heterocycles. The van der Waals surface area contributed by atoms with E-state index in [1.54, 1.807) is 26.6 Å². The van der Waals surface area contributed by atoms with Gasteiger partial charge < -0.3 is 29.5 Å². The molecule has 2 fully saturated rings. The molecule has 1 unspecified atom stereocenters. The van der Waals surface area contributed by atoms with Gasteiger partial charge >= 0.3 is 0 Å². The smallest absolute Gasteiger partial charge is 0.245 e. The van der Waals surface area contributed by atoms with Gasteiger partial charge in [0.1, 0.15) is 5.75 Å². The van der Waals surface area contributed by atoms with Crippen LogP contribution < -0.4 is 19.7 Å². The van der Waals surface area contributed by atoms with Crippen LogP contribution in [0.3, 0.4) is 0 Å². The fraction of sp³-hybridized carbons (Fsp3) is 0.400. The molecule has 0 aliphatic carbocycles. The van der Waals surface area contributed by atoms with E-state index in [9.17, 15) is 4.79 Å². The van der Waals surface area contributed by atoms with Gasteiger partial charge in [-0.15, -0.1) is 5.10 Å². The van der Waals surface area contributed by atoms with Crippen LogP contribution in [0, 0.1) is 5.92 Å². The Labute approximate surface area is 239 Å². The van der Waals surface area contributed by atoms with Gasteiger partial charge in [-0.1, -0.05) is 0 Å². The summed E-state index contributed by atoms with van der Waals surface area (Å²) in [6, 6.07) is 13.8. The molecular weight excluding hydrogens is 520 g/mol. The summed E-state index contributed by atoms with van der Waals surface area (Å²) in [6.07, 6.45) is 5.47. The van der Waals surface area contributed by atoms with E-state index in [0.29, 0.717) is 17.6 Å². The summed E-state index contributed by atoms with van der Waals surface area (Å²) in [6.45, 7) is 5.14. The number of rotatable bonds is 7. The summed E-state index contributed by atoms with van der Waals surface area (Å²) in [7, 11) is 5.37. The average molecular weight is 557 g/mol. The summed E-state index contributed by atoms with van der Waals surface area (Å²) >= 11 is 0. The Morgan fingerprint density at radius 1 is 0.951 bits per heavy atom. The number of piperazine rings is 1. The van der Waals surface area contributed by atoms with Crippen LogP contribution in [-0.4, -0.2) is 95.8 Å². The van der Waals surface area contributed by atoms with Gasteiger partial charge in [0.25, 0.3) is 0 Å². The van der Waals surface area contributed by atoms with Gasteiger partial charge in [-0.25, -0.2) is 14.5 Å². The number of piperidine rings is 1. The monoisotopic (exact) mass is 556 g/mol. The van der Waals surface area contributed by atoms with Crippen molar-refractivity contribution >= 4 is 28.7 Å². The van der Waals surface area contributed by atoms with E-state index < -0.39 is 0 Å². The number of hydrogen-bond donors (Lipinski definition) is 1. The lowest BCUT2D eigenvalue weighted by molar-refractivity contribution is -0.137. The number of ether oxygens (including phenoxy) is 2. The third-order valence-corrected chi connectivity index (χ3v) is 8.02. The molecular formula is C30H36N8O3. The summed E-state index contributed by atoms with van der Waals surface area (Å²) in [5.74, 6) is 2.00. The van der Waals surface area contributed by atoms with Crippen LogP contribution in [0.5, 0.6) is 11.6 Å². The van der Waals surface area contributed by atoms with Gasteiger partial charge in [-0.2, -0.15) is 0 Å². The van der Waals surface area contributed by atoms with E-state index in [0.717, 1.165) is 80.3 Å². The first-order chi connectivity index (χ1) is 20.0. The van der Waals surface area contributed by atoms with Crippen molar-refractivity contribution in [1.29, 1.82) is 0 Å². The topological polar surface area (TPSA) is 100 Å². The SMILES string of the molecule is COc1ccc(-c2ccc3cnc(Nc4ccc(N5CCCC(C(=O)N6CCN(C)CC6)C5)cc4OC)nn23)cn1. The van der Waals surface area contributed by atoms with Crippen molar-refractivity contribution in [3.8, 4) is 22.9 Å². The largest absolute Gasteiger partial charge is 0.494 e. The van der Waals surface area contributed by atoms with E-state index in [1.165, 1.54) is 0 Å². The number of fused-ring (bicyclic) bond motifs is 1. The van der Waals surface area contributed by atoms with Crippen molar-refractivity contribution in [2.24, 2.45) is 5.92 Å². The maximum atomic E-state index is 13.3. The second-order valence-electron chi connectivity index (χ2n) is 10.6. The first-order valence-electron chi connectivity index (χ1n) is 14.0. The molecule has 0 bridgehead atoms. The number of methoxy groups -OCH3 is 2. The predicted octanol–water partition coefficient (Wildman–Crippen LogP) is 3.54. The van der Waals surface area contributed by atoms with E-state index in [-0.39, 0.29) is 11.8 Å². The number of amides is 1. The Balaban J connectivity index is 1.18. The molecule has 1 atom stereocenters. The molecule has 6 rings (SSSR count).